The van der Waals surface area contributed by atoms with Gasteiger partial charge in [-0.05, 0) is 49.7 Å². The van der Waals surface area contributed by atoms with E-state index in [0.717, 1.165) is 22.6 Å². The zero-order valence-corrected chi connectivity index (χ0v) is 13.2. The average Bonchev–Trinajstić information content (AvgIpc) is 2.80. The molecule has 0 atom stereocenters. The SMILES string of the molecule is C=C=Cn1c(C)c(C)c2ccnc(CNc3ccc(F)cc3)c21. The van der Waals surface area contributed by atoms with E-state index in [1.54, 1.807) is 12.1 Å². The Morgan fingerprint density at radius 3 is 2.70 bits per heavy atom. The van der Waals surface area contributed by atoms with Crippen molar-refractivity contribution in [3.63, 3.8) is 0 Å². The van der Waals surface area contributed by atoms with E-state index in [4.69, 9.17) is 0 Å². The Kier molecular flexibility index (Phi) is 4.00. The minimum Gasteiger partial charge on any atom is -0.379 e. The highest BCUT2D eigenvalue weighted by molar-refractivity contribution is 5.88. The quantitative estimate of drug-likeness (QED) is 0.710. The van der Waals surface area contributed by atoms with E-state index in [0.29, 0.717) is 6.54 Å². The summed E-state index contributed by atoms with van der Waals surface area (Å²) in [4.78, 5) is 4.51. The number of aryl methyl sites for hydroxylation is 1. The number of benzene rings is 1. The number of anilines is 1. The second-order valence-corrected chi connectivity index (χ2v) is 5.43. The van der Waals surface area contributed by atoms with E-state index in [2.05, 4.69) is 41.0 Å². The number of halogens is 1. The van der Waals surface area contributed by atoms with Gasteiger partial charge in [-0.15, -0.1) is 5.73 Å². The molecular weight excluding hydrogens is 289 g/mol. The van der Waals surface area contributed by atoms with E-state index >= 15 is 0 Å². The van der Waals surface area contributed by atoms with Gasteiger partial charge in [-0.2, -0.15) is 0 Å². The summed E-state index contributed by atoms with van der Waals surface area (Å²) in [5.41, 5.74) is 8.03. The number of nitrogens with one attached hydrogen (secondary N) is 1. The van der Waals surface area contributed by atoms with Gasteiger partial charge in [0.05, 0.1) is 24.0 Å². The molecule has 3 nitrogen and oxygen atoms in total. The molecule has 2 aromatic heterocycles. The number of rotatable bonds is 4. The first-order chi connectivity index (χ1) is 11.1. The number of nitrogens with zero attached hydrogens (tertiary/aromatic N) is 2. The minimum absolute atomic E-state index is 0.243. The van der Waals surface area contributed by atoms with Crippen LogP contribution in [0.2, 0.25) is 0 Å². The van der Waals surface area contributed by atoms with Gasteiger partial charge in [-0.1, -0.05) is 6.58 Å². The maximum Gasteiger partial charge on any atom is 0.123 e. The summed E-state index contributed by atoms with van der Waals surface area (Å²) in [6.45, 7) is 8.39. The van der Waals surface area contributed by atoms with E-state index < -0.39 is 0 Å². The molecule has 0 aliphatic rings. The Bertz CT molecular complexity index is 901. The van der Waals surface area contributed by atoms with Crippen LogP contribution < -0.4 is 5.32 Å². The van der Waals surface area contributed by atoms with Gasteiger partial charge in [0.2, 0.25) is 0 Å². The van der Waals surface area contributed by atoms with Crippen LogP contribution in [0.15, 0.2) is 48.8 Å². The van der Waals surface area contributed by atoms with Crippen molar-refractivity contribution in [2.75, 3.05) is 5.32 Å². The number of hydrogen-bond donors (Lipinski definition) is 1. The molecule has 0 saturated carbocycles. The highest BCUT2D eigenvalue weighted by Crippen LogP contribution is 2.27. The van der Waals surface area contributed by atoms with E-state index in [1.807, 2.05) is 18.5 Å². The lowest BCUT2D eigenvalue weighted by atomic mass is 10.1. The fourth-order valence-corrected chi connectivity index (χ4v) is 2.75. The van der Waals surface area contributed by atoms with Gasteiger partial charge in [0.25, 0.3) is 0 Å². The topological polar surface area (TPSA) is 29.9 Å². The van der Waals surface area contributed by atoms with Crippen LogP contribution in [0.25, 0.3) is 17.1 Å². The number of pyridine rings is 1. The first-order valence-corrected chi connectivity index (χ1v) is 7.42. The summed E-state index contributed by atoms with van der Waals surface area (Å²) in [5, 5.41) is 4.45. The third-order valence-corrected chi connectivity index (χ3v) is 4.07. The second-order valence-electron chi connectivity index (χ2n) is 5.43. The predicted octanol–water partition coefficient (Wildman–Crippen LogP) is 4.66. The summed E-state index contributed by atoms with van der Waals surface area (Å²) in [7, 11) is 0. The molecule has 1 N–H and O–H groups in total. The Labute approximate surface area is 134 Å². The van der Waals surface area contributed by atoms with Crippen molar-refractivity contribution in [3.8, 4) is 0 Å². The minimum atomic E-state index is -0.243. The standard InChI is InChI=1S/C19H18FN3/c1-4-11-23-14(3)13(2)17-9-10-21-18(19(17)23)12-22-16-7-5-15(20)6-8-16/h5-11,22H,1,12H2,2-3H3. The van der Waals surface area contributed by atoms with Crippen LogP contribution in [-0.2, 0) is 6.54 Å². The van der Waals surface area contributed by atoms with E-state index in [-0.39, 0.29) is 5.82 Å². The van der Waals surface area contributed by atoms with Gasteiger partial charge in [-0.25, -0.2) is 4.39 Å². The molecule has 0 bridgehead atoms. The number of fused-ring (bicyclic) bond motifs is 1. The molecule has 0 spiro atoms. The van der Waals surface area contributed by atoms with Crippen molar-refractivity contribution in [3.05, 3.63) is 71.6 Å². The summed E-state index contributed by atoms with van der Waals surface area (Å²) in [6, 6.07) is 8.33. The molecule has 0 aliphatic carbocycles. The normalized spacial score (nSPS) is 10.6. The van der Waals surface area contributed by atoms with Crippen molar-refractivity contribution in [2.24, 2.45) is 0 Å². The molecule has 0 aliphatic heterocycles. The smallest absolute Gasteiger partial charge is 0.123 e. The van der Waals surface area contributed by atoms with Crippen molar-refractivity contribution >= 4 is 22.8 Å². The molecule has 4 heteroatoms. The van der Waals surface area contributed by atoms with Gasteiger partial charge < -0.3 is 9.88 Å². The van der Waals surface area contributed by atoms with Gasteiger partial charge in [0.15, 0.2) is 0 Å². The summed E-state index contributed by atoms with van der Waals surface area (Å²) < 4.78 is 15.0. The third kappa shape index (κ3) is 2.77. The molecule has 3 rings (SSSR count). The molecule has 0 unspecified atom stereocenters. The predicted molar refractivity (Wildman–Crippen MR) is 92.8 cm³/mol. The first kappa shape index (κ1) is 15.1. The van der Waals surface area contributed by atoms with Crippen LogP contribution in [0, 0.1) is 19.7 Å². The van der Waals surface area contributed by atoms with Crippen molar-refractivity contribution in [2.45, 2.75) is 20.4 Å². The fourth-order valence-electron chi connectivity index (χ4n) is 2.75. The maximum absolute atomic E-state index is 13.0. The lowest BCUT2D eigenvalue weighted by molar-refractivity contribution is 0.628. The van der Waals surface area contributed by atoms with Crippen LogP contribution in [0.5, 0.6) is 0 Å². The average molecular weight is 307 g/mol. The first-order valence-electron chi connectivity index (χ1n) is 7.42. The van der Waals surface area contributed by atoms with Crippen molar-refractivity contribution in [1.82, 2.24) is 9.55 Å². The Balaban J connectivity index is 2.02. The zero-order valence-electron chi connectivity index (χ0n) is 13.2. The molecule has 0 radical (unpaired) electrons. The number of hydrogen-bond acceptors (Lipinski definition) is 2. The summed E-state index contributed by atoms with van der Waals surface area (Å²) in [6.07, 6.45) is 3.64. The van der Waals surface area contributed by atoms with E-state index in [1.165, 1.54) is 23.1 Å². The van der Waals surface area contributed by atoms with Crippen LogP contribution in [-0.4, -0.2) is 9.55 Å². The highest BCUT2D eigenvalue weighted by Gasteiger charge is 2.13. The van der Waals surface area contributed by atoms with Crippen molar-refractivity contribution in [1.29, 1.82) is 0 Å². The largest absolute Gasteiger partial charge is 0.379 e. The second kappa shape index (κ2) is 6.11. The van der Waals surface area contributed by atoms with Crippen LogP contribution in [0.3, 0.4) is 0 Å². The van der Waals surface area contributed by atoms with Gasteiger partial charge in [0.1, 0.15) is 5.82 Å². The lowest BCUT2D eigenvalue weighted by Crippen LogP contribution is -2.04. The summed E-state index contributed by atoms with van der Waals surface area (Å²) >= 11 is 0. The highest BCUT2D eigenvalue weighted by atomic mass is 19.1. The molecule has 1 aromatic carbocycles. The summed E-state index contributed by atoms with van der Waals surface area (Å²) in [5.74, 6) is -0.243. The molecule has 0 saturated heterocycles. The van der Waals surface area contributed by atoms with Crippen molar-refractivity contribution < 1.29 is 4.39 Å². The van der Waals surface area contributed by atoms with E-state index in [9.17, 15) is 4.39 Å². The molecule has 0 fully saturated rings. The Morgan fingerprint density at radius 2 is 2.00 bits per heavy atom. The zero-order chi connectivity index (χ0) is 16.4. The molecule has 116 valence electrons. The van der Waals surface area contributed by atoms with Crippen LogP contribution in [0.4, 0.5) is 10.1 Å². The molecular formula is C19H18FN3. The van der Waals surface area contributed by atoms with Crippen LogP contribution in [0.1, 0.15) is 17.0 Å². The molecule has 2 heterocycles. The molecule has 3 aromatic rings. The fraction of sp³-hybridized carbons (Fsp3) is 0.158. The number of aromatic nitrogens is 2. The van der Waals surface area contributed by atoms with Crippen LogP contribution >= 0.6 is 0 Å². The Morgan fingerprint density at radius 1 is 1.26 bits per heavy atom. The van der Waals surface area contributed by atoms with Gasteiger partial charge in [0, 0.05) is 23.0 Å². The third-order valence-electron chi connectivity index (χ3n) is 4.07. The monoisotopic (exact) mass is 307 g/mol. The lowest BCUT2D eigenvalue weighted by Gasteiger charge is -2.09. The molecule has 0 amide bonds. The van der Waals surface area contributed by atoms with Gasteiger partial charge in [-0.3, -0.25) is 4.98 Å². The Hall–Kier alpha value is -2.84. The van der Waals surface area contributed by atoms with Gasteiger partial charge >= 0.3 is 0 Å². The maximum atomic E-state index is 13.0. The molecule has 23 heavy (non-hydrogen) atoms.